The lowest BCUT2D eigenvalue weighted by Gasteiger charge is -2.34. The summed E-state index contributed by atoms with van der Waals surface area (Å²) >= 11 is 0. The average Bonchev–Trinajstić information content (AvgIpc) is 2.55. The van der Waals surface area contributed by atoms with E-state index < -0.39 is 0 Å². The Morgan fingerprint density at radius 1 is 0.909 bits per heavy atom. The van der Waals surface area contributed by atoms with Crippen molar-refractivity contribution in [3.63, 3.8) is 0 Å². The molecule has 0 bridgehead atoms. The molecule has 0 aromatic heterocycles. The summed E-state index contributed by atoms with van der Waals surface area (Å²) in [7, 11) is 0. The van der Waals surface area contributed by atoms with Crippen molar-refractivity contribution in [2.45, 2.75) is 44.2 Å². The second kappa shape index (κ2) is 7.66. The number of hydrogen-bond acceptors (Lipinski definition) is 2. The van der Waals surface area contributed by atoms with Gasteiger partial charge in [-0.2, -0.15) is 0 Å². The number of benzene rings is 2. The molecule has 0 aliphatic heterocycles. The monoisotopic (exact) mass is 317 g/mol. The number of rotatable bonds is 4. The van der Waals surface area contributed by atoms with Gasteiger partial charge >= 0.3 is 0 Å². The molecule has 2 nitrogen and oxygen atoms in total. The van der Waals surface area contributed by atoms with E-state index in [2.05, 4.69) is 30.3 Å². The number of halogens is 1. The molecule has 3 rings (SSSR count). The van der Waals surface area contributed by atoms with Crippen LogP contribution in [0.3, 0.4) is 0 Å². The van der Waals surface area contributed by atoms with E-state index in [1.165, 1.54) is 30.4 Å². The molecule has 3 heteroatoms. The van der Waals surface area contributed by atoms with E-state index in [0.29, 0.717) is 6.61 Å². The highest BCUT2D eigenvalue weighted by atomic mass is 35.5. The van der Waals surface area contributed by atoms with Gasteiger partial charge in [0.1, 0.15) is 12.4 Å². The molecule has 0 amide bonds. The van der Waals surface area contributed by atoms with Crippen molar-refractivity contribution in [3.8, 4) is 5.75 Å². The number of nitrogens with two attached hydrogens (primary N) is 1. The maximum absolute atomic E-state index is 6.60. The molecule has 0 saturated heterocycles. The first-order valence-electron chi connectivity index (χ1n) is 7.82. The molecule has 1 fully saturated rings. The molecule has 118 valence electrons. The van der Waals surface area contributed by atoms with Crippen LogP contribution < -0.4 is 10.5 Å². The SMILES string of the molecule is Cl.NC1(c2cccc(OCc3ccccc3)c2)CCCCC1. The fourth-order valence-corrected chi connectivity index (χ4v) is 3.11. The van der Waals surface area contributed by atoms with Gasteiger partial charge in [0.25, 0.3) is 0 Å². The van der Waals surface area contributed by atoms with Crippen LogP contribution in [0.4, 0.5) is 0 Å². The zero-order chi connectivity index (χ0) is 14.5. The predicted octanol–water partition coefficient (Wildman–Crippen LogP) is 4.81. The van der Waals surface area contributed by atoms with E-state index in [1.54, 1.807) is 0 Å². The van der Waals surface area contributed by atoms with Gasteiger partial charge in [0.05, 0.1) is 0 Å². The Bertz CT molecular complexity index is 579. The summed E-state index contributed by atoms with van der Waals surface area (Å²) in [4.78, 5) is 0. The molecule has 22 heavy (non-hydrogen) atoms. The third-order valence-electron chi connectivity index (χ3n) is 4.40. The predicted molar refractivity (Wildman–Crippen MR) is 93.4 cm³/mol. The molecule has 2 N–H and O–H groups in total. The van der Waals surface area contributed by atoms with Gasteiger partial charge in [0, 0.05) is 5.54 Å². The lowest BCUT2D eigenvalue weighted by molar-refractivity contribution is 0.291. The molecule has 1 saturated carbocycles. The van der Waals surface area contributed by atoms with Gasteiger partial charge in [-0.15, -0.1) is 12.4 Å². The Balaban J connectivity index is 0.00000176. The van der Waals surface area contributed by atoms with Crippen LogP contribution in [0.1, 0.15) is 43.2 Å². The van der Waals surface area contributed by atoms with E-state index in [4.69, 9.17) is 10.5 Å². The average molecular weight is 318 g/mol. The molecule has 0 unspecified atom stereocenters. The molecule has 0 heterocycles. The second-order valence-corrected chi connectivity index (χ2v) is 6.02. The minimum Gasteiger partial charge on any atom is -0.489 e. The van der Waals surface area contributed by atoms with Crippen LogP contribution in [0.5, 0.6) is 5.75 Å². The number of ether oxygens (including phenoxy) is 1. The summed E-state index contributed by atoms with van der Waals surface area (Å²) in [6.07, 6.45) is 5.92. The minimum absolute atomic E-state index is 0. The summed E-state index contributed by atoms with van der Waals surface area (Å²) in [6.45, 7) is 0.599. The lowest BCUT2D eigenvalue weighted by atomic mass is 9.77. The Hall–Kier alpha value is -1.51. The Kier molecular flexibility index (Phi) is 5.87. The molecular formula is C19H24ClNO. The van der Waals surface area contributed by atoms with Crippen molar-refractivity contribution in [2.24, 2.45) is 5.73 Å². The van der Waals surface area contributed by atoms with Crippen LogP contribution in [0.2, 0.25) is 0 Å². The zero-order valence-corrected chi connectivity index (χ0v) is 13.6. The summed E-state index contributed by atoms with van der Waals surface area (Å²) < 4.78 is 5.91. The molecular weight excluding hydrogens is 294 g/mol. The lowest BCUT2D eigenvalue weighted by Crippen LogP contribution is -2.38. The Labute approximate surface area is 139 Å². The maximum atomic E-state index is 6.60. The first kappa shape index (κ1) is 16.9. The third-order valence-corrected chi connectivity index (χ3v) is 4.40. The summed E-state index contributed by atoms with van der Waals surface area (Å²) in [5.41, 5.74) is 8.84. The van der Waals surface area contributed by atoms with Crippen LogP contribution in [0, 0.1) is 0 Å². The maximum Gasteiger partial charge on any atom is 0.120 e. The first-order chi connectivity index (χ1) is 10.3. The minimum atomic E-state index is -0.162. The van der Waals surface area contributed by atoms with Crippen molar-refractivity contribution >= 4 is 12.4 Å². The highest BCUT2D eigenvalue weighted by Gasteiger charge is 2.29. The molecule has 0 atom stereocenters. The van der Waals surface area contributed by atoms with Gasteiger partial charge in [-0.3, -0.25) is 0 Å². The normalized spacial score (nSPS) is 16.6. The third kappa shape index (κ3) is 4.02. The van der Waals surface area contributed by atoms with Gasteiger partial charge < -0.3 is 10.5 Å². The molecule has 1 aliphatic carbocycles. The van der Waals surface area contributed by atoms with Crippen molar-refractivity contribution in [1.82, 2.24) is 0 Å². The van der Waals surface area contributed by atoms with Gasteiger partial charge in [0.15, 0.2) is 0 Å². The van der Waals surface area contributed by atoms with Crippen LogP contribution in [-0.4, -0.2) is 0 Å². The van der Waals surface area contributed by atoms with Crippen molar-refractivity contribution in [1.29, 1.82) is 0 Å². The van der Waals surface area contributed by atoms with E-state index >= 15 is 0 Å². The molecule has 2 aromatic rings. The molecule has 0 radical (unpaired) electrons. The topological polar surface area (TPSA) is 35.2 Å². The Morgan fingerprint density at radius 2 is 1.64 bits per heavy atom. The van der Waals surface area contributed by atoms with E-state index in [1.807, 2.05) is 24.3 Å². The zero-order valence-electron chi connectivity index (χ0n) is 12.8. The van der Waals surface area contributed by atoms with Crippen LogP contribution in [-0.2, 0) is 12.1 Å². The highest BCUT2D eigenvalue weighted by molar-refractivity contribution is 5.85. The van der Waals surface area contributed by atoms with Gasteiger partial charge in [-0.25, -0.2) is 0 Å². The van der Waals surface area contributed by atoms with E-state index in [9.17, 15) is 0 Å². The number of hydrogen-bond donors (Lipinski definition) is 1. The van der Waals surface area contributed by atoms with Crippen LogP contribution >= 0.6 is 12.4 Å². The van der Waals surface area contributed by atoms with Gasteiger partial charge in [0.2, 0.25) is 0 Å². The fourth-order valence-electron chi connectivity index (χ4n) is 3.11. The first-order valence-corrected chi connectivity index (χ1v) is 7.82. The summed E-state index contributed by atoms with van der Waals surface area (Å²) in [6, 6.07) is 18.6. The van der Waals surface area contributed by atoms with Crippen LogP contribution in [0.25, 0.3) is 0 Å². The van der Waals surface area contributed by atoms with E-state index in [0.717, 1.165) is 18.6 Å². The smallest absolute Gasteiger partial charge is 0.120 e. The van der Waals surface area contributed by atoms with Crippen molar-refractivity contribution in [2.75, 3.05) is 0 Å². The fraction of sp³-hybridized carbons (Fsp3) is 0.368. The van der Waals surface area contributed by atoms with E-state index in [-0.39, 0.29) is 17.9 Å². The highest BCUT2D eigenvalue weighted by Crippen LogP contribution is 2.35. The summed E-state index contributed by atoms with van der Waals surface area (Å²) in [5, 5.41) is 0. The molecule has 1 aliphatic rings. The second-order valence-electron chi connectivity index (χ2n) is 6.02. The standard InChI is InChI=1S/C19H23NO.ClH/c20-19(12-5-2-6-13-19)17-10-7-11-18(14-17)21-15-16-8-3-1-4-9-16;/h1,3-4,7-11,14H,2,5-6,12-13,15,20H2;1H. The van der Waals surface area contributed by atoms with Crippen molar-refractivity contribution in [3.05, 3.63) is 65.7 Å². The van der Waals surface area contributed by atoms with Gasteiger partial charge in [-0.05, 0) is 36.1 Å². The Morgan fingerprint density at radius 3 is 2.36 bits per heavy atom. The van der Waals surface area contributed by atoms with Crippen molar-refractivity contribution < 1.29 is 4.74 Å². The quantitative estimate of drug-likeness (QED) is 0.878. The molecule has 0 spiro atoms. The van der Waals surface area contributed by atoms with Crippen LogP contribution in [0.15, 0.2) is 54.6 Å². The molecule has 2 aromatic carbocycles. The van der Waals surface area contributed by atoms with Gasteiger partial charge in [-0.1, -0.05) is 61.7 Å². The summed E-state index contributed by atoms with van der Waals surface area (Å²) in [5.74, 6) is 0.909. The largest absolute Gasteiger partial charge is 0.489 e.